The number of carbonyl (C=O) groups is 2. The molecule has 0 radical (unpaired) electrons. The summed E-state index contributed by atoms with van der Waals surface area (Å²) in [7, 11) is 1.60. The van der Waals surface area contributed by atoms with Crippen molar-refractivity contribution in [2.24, 2.45) is 5.92 Å². The van der Waals surface area contributed by atoms with Crippen molar-refractivity contribution in [2.45, 2.75) is 53.2 Å². The van der Waals surface area contributed by atoms with Crippen LogP contribution in [0.4, 0.5) is 10.5 Å². The van der Waals surface area contributed by atoms with E-state index in [0.29, 0.717) is 28.9 Å². The number of nitrogens with zero attached hydrogens (tertiary/aromatic N) is 2. The van der Waals surface area contributed by atoms with E-state index in [1.807, 2.05) is 20.8 Å². The van der Waals surface area contributed by atoms with Crippen molar-refractivity contribution >= 4 is 29.0 Å². The molecule has 7 nitrogen and oxygen atoms in total. The van der Waals surface area contributed by atoms with Crippen LogP contribution in [-0.4, -0.2) is 41.0 Å². The van der Waals surface area contributed by atoms with Gasteiger partial charge in [-0.05, 0) is 51.0 Å². The molecule has 1 aromatic heterocycles. The summed E-state index contributed by atoms with van der Waals surface area (Å²) in [4.78, 5) is 31.2. The summed E-state index contributed by atoms with van der Waals surface area (Å²) in [5.74, 6) is 0.881. The number of anilines is 1. The van der Waals surface area contributed by atoms with Crippen molar-refractivity contribution in [3.8, 4) is 5.75 Å². The number of ether oxygens (including phenoxy) is 1. The van der Waals surface area contributed by atoms with E-state index < -0.39 is 0 Å². The lowest BCUT2D eigenvalue weighted by Gasteiger charge is -2.26. The number of amides is 3. The molecule has 1 unspecified atom stereocenters. The zero-order valence-electron chi connectivity index (χ0n) is 17.9. The standard InChI is InChI=1S/C21H30N4O3S/c1-13(2)15(5)22-20(26)18-12-29-19(24-18)11-25(14(3)4)21(27)23-16-7-9-17(28-6)10-8-16/h7-10,12-15H,11H2,1-6H3,(H,22,26)(H,23,27). The van der Waals surface area contributed by atoms with Gasteiger partial charge in [0.25, 0.3) is 5.91 Å². The van der Waals surface area contributed by atoms with Gasteiger partial charge in [-0.25, -0.2) is 9.78 Å². The lowest BCUT2D eigenvalue weighted by atomic mass is 10.1. The summed E-state index contributed by atoms with van der Waals surface area (Å²) in [6.45, 7) is 10.3. The zero-order valence-corrected chi connectivity index (χ0v) is 18.7. The SMILES string of the molecule is COc1ccc(NC(=O)N(Cc2nc(C(=O)NC(C)C(C)C)cs2)C(C)C)cc1. The van der Waals surface area contributed by atoms with Crippen LogP contribution in [0, 0.1) is 5.92 Å². The molecule has 29 heavy (non-hydrogen) atoms. The number of urea groups is 1. The maximum atomic E-state index is 12.8. The first kappa shape index (κ1) is 22.7. The zero-order chi connectivity index (χ0) is 21.6. The number of thiazole rings is 1. The van der Waals surface area contributed by atoms with E-state index in [2.05, 4.69) is 29.5 Å². The molecular weight excluding hydrogens is 388 g/mol. The fourth-order valence-corrected chi connectivity index (χ4v) is 3.21. The van der Waals surface area contributed by atoms with E-state index in [0.717, 1.165) is 5.75 Å². The topological polar surface area (TPSA) is 83.6 Å². The molecule has 0 fully saturated rings. The summed E-state index contributed by atoms with van der Waals surface area (Å²) in [5.41, 5.74) is 1.07. The van der Waals surface area contributed by atoms with Gasteiger partial charge in [-0.3, -0.25) is 4.79 Å². The van der Waals surface area contributed by atoms with Crippen molar-refractivity contribution in [3.05, 3.63) is 40.3 Å². The van der Waals surface area contributed by atoms with Gasteiger partial charge in [0.05, 0.1) is 13.7 Å². The molecule has 158 valence electrons. The highest BCUT2D eigenvalue weighted by Gasteiger charge is 2.21. The maximum Gasteiger partial charge on any atom is 0.322 e. The second kappa shape index (κ2) is 10.2. The Bertz CT molecular complexity index is 818. The van der Waals surface area contributed by atoms with Crippen LogP contribution < -0.4 is 15.4 Å². The first-order valence-corrected chi connectivity index (χ1v) is 10.6. The van der Waals surface area contributed by atoms with Gasteiger partial charge in [-0.15, -0.1) is 11.3 Å². The largest absolute Gasteiger partial charge is 0.497 e. The Kier molecular flexibility index (Phi) is 8.01. The number of aromatic nitrogens is 1. The predicted molar refractivity (Wildman–Crippen MR) is 117 cm³/mol. The fourth-order valence-electron chi connectivity index (χ4n) is 2.44. The first-order chi connectivity index (χ1) is 13.7. The van der Waals surface area contributed by atoms with E-state index in [1.54, 1.807) is 41.7 Å². The monoisotopic (exact) mass is 418 g/mol. The summed E-state index contributed by atoms with van der Waals surface area (Å²) in [6, 6.07) is 6.97. The fraction of sp³-hybridized carbons (Fsp3) is 0.476. The van der Waals surface area contributed by atoms with Gasteiger partial charge >= 0.3 is 6.03 Å². The number of hydrogen-bond acceptors (Lipinski definition) is 5. The second-order valence-corrected chi connectivity index (χ2v) is 8.46. The Morgan fingerprint density at radius 1 is 1.14 bits per heavy atom. The van der Waals surface area contributed by atoms with Crippen LogP contribution in [0.15, 0.2) is 29.6 Å². The lowest BCUT2D eigenvalue weighted by Crippen LogP contribution is -2.39. The first-order valence-electron chi connectivity index (χ1n) is 9.68. The van der Waals surface area contributed by atoms with Crippen molar-refractivity contribution in [1.29, 1.82) is 0 Å². The molecule has 1 aromatic carbocycles. The number of rotatable bonds is 8. The minimum Gasteiger partial charge on any atom is -0.497 e. The number of nitrogens with one attached hydrogen (secondary N) is 2. The molecule has 0 aliphatic heterocycles. The summed E-state index contributed by atoms with van der Waals surface area (Å²) in [5, 5.41) is 8.29. The van der Waals surface area contributed by atoms with E-state index in [1.165, 1.54) is 11.3 Å². The lowest BCUT2D eigenvalue weighted by molar-refractivity contribution is 0.0926. The molecule has 2 N–H and O–H groups in total. The minimum atomic E-state index is -0.222. The number of methoxy groups -OCH3 is 1. The van der Waals surface area contributed by atoms with Crippen molar-refractivity contribution < 1.29 is 14.3 Å². The number of carbonyl (C=O) groups excluding carboxylic acids is 2. The summed E-state index contributed by atoms with van der Waals surface area (Å²) >= 11 is 1.38. The molecule has 0 spiro atoms. The van der Waals surface area contributed by atoms with E-state index in [4.69, 9.17) is 4.74 Å². The van der Waals surface area contributed by atoms with Crippen LogP contribution in [0.25, 0.3) is 0 Å². The second-order valence-electron chi connectivity index (χ2n) is 7.51. The van der Waals surface area contributed by atoms with Gasteiger partial charge in [0.2, 0.25) is 0 Å². The van der Waals surface area contributed by atoms with Gasteiger partial charge < -0.3 is 20.3 Å². The minimum absolute atomic E-state index is 0.0320. The molecule has 3 amide bonds. The van der Waals surface area contributed by atoms with Crippen molar-refractivity contribution in [3.63, 3.8) is 0 Å². The molecule has 1 atom stereocenters. The third-order valence-electron chi connectivity index (χ3n) is 4.67. The van der Waals surface area contributed by atoms with E-state index in [-0.39, 0.29) is 24.0 Å². The average Bonchev–Trinajstić information content (AvgIpc) is 3.15. The van der Waals surface area contributed by atoms with Crippen molar-refractivity contribution in [2.75, 3.05) is 12.4 Å². The third-order valence-corrected chi connectivity index (χ3v) is 5.51. The molecule has 2 aromatic rings. The Labute approximate surface area is 176 Å². The van der Waals surface area contributed by atoms with Gasteiger partial charge in [0.1, 0.15) is 16.5 Å². The van der Waals surface area contributed by atoms with Crippen LogP contribution in [0.3, 0.4) is 0 Å². The molecule has 8 heteroatoms. The van der Waals surface area contributed by atoms with E-state index >= 15 is 0 Å². The quantitative estimate of drug-likeness (QED) is 0.667. The highest BCUT2D eigenvalue weighted by molar-refractivity contribution is 7.09. The Hall–Kier alpha value is -2.61. The van der Waals surface area contributed by atoms with Crippen molar-refractivity contribution in [1.82, 2.24) is 15.2 Å². The van der Waals surface area contributed by atoms with Crippen LogP contribution >= 0.6 is 11.3 Å². The van der Waals surface area contributed by atoms with Crippen LogP contribution in [0.5, 0.6) is 5.75 Å². The molecular formula is C21H30N4O3S. The summed E-state index contributed by atoms with van der Waals surface area (Å²) in [6.07, 6.45) is 0. The molecule has 0 bridgehead atoms. The van der Waals surface area contributed by atoms with Gasteiger partial charge in [0, 0.05) is 23.2 Å². The molecule has 0 saturated carbocycles. The van der Waals surface area contributed by atoms with E-state index in [9.17, 15) is 9.59 Å². The van der Waals surface area contributed by atoms with Crippen LogP contribution in [-0.2, 0) is 6.54 Å². The number of benzene rings is 1. The normalized spacial score (nSPS) is 12.0. The smallest absolute Gasteiger partial charge is 0.322 e. The van der Waals surface area contributed by atoms with Gasteiger partial charge in [-0.1, -0.05) is 13.8 Å². The third kappa shape index (κ3) is 6.45. The number of hydrogen-bond donors (Lipinski definition) is 2. The Morgan fingerprint density at radius 2 is 1.79 bits per heavy atom. The highest BCUT2D eigenvalue weighted by atomic mass is 32.1. The van der Waals surface area contributed by atoms with Gasteiger partial charge in [0.15, 0.2) is 0 Å². The van der Waals surface area contributed by atoms with Crippen LogP contribution in [0.2, 0.25) is 0 Å². The Morgan fingerprint density at radius 3 is 2.34 bits per heavy atom. The molecule has 0 saturated heterocycles. The highest BCUT2D eigenvalue weighted by Crippen LogP contribution is 2.18. The van der Waals surface area contributed by atoms with Gasteiger partial charge in [-0.2, -0.15) is 0 Å². The summed E-state index contributed by atoms with van der Waals surface area (Å²) < 4.78 is 5.13. The average molecular weight is 419 g/mol. The predicted octanol–water partition coefficient (Wildman–Crippen LogP) is 4.37. The molecule has 1 heterocycles. The molecule has 0 aliphatic carbocycles. The molecule has 2 rings (SSSR count). The maximum absolute atomic E-state index is 12.8. The van der Waals surface area contributed by atoms with Crippen LogP contribution in [0.1, 0.15) is 50.1 Å². The molecule has 0 aliphatic rings. The Balaban J connectivity index is 2.03.